The number of hydrogen-bond acceptors (Lipinski definition) is 12. The topological polar surface area (TPSA) is 300 Å². The van der Waals surface area contributed by atoms with Crippen LogP contribution in [-0.2, 0) is 38.1 Å². The van der Waals surface area contributed by atoms with Gasteiger partial charge in [0, 0.05) is 124 Å². The van der Waals surface area contributed by atoms with E-state index in [9.17, 15) is 19.2 Å². The van der Waals surface area contributed by atoms with Gasteiger partial charge in [-0.25, -0.2) is 0 Å². The van der Waals surface area contributed by atoms with Crippen molar-refractivity contribution in [2.24, 2.45) is 25.9 Å². The largest absolute Gasteiger partial charge is 0.381 e. The van der Waals surface area contributed by atoms with E-state index in [4.69, 9.17) is 41.1 Å². The minimum absolute atomic E-state index is 0.0509. The third kappa shape index (κ3) is 32.2. The minimum Gasteiger partial charge on any atom is -0.381 e. The lowest BCUT2D eigenvalue weighted by molar-refractivity contribution is -0.121. The van der Waals surface area contributed by atoms with Gasteiger partial charge in [0.05, 0.1) is 31.8 Å². The number of rotatable bonds is 40. The number of ketones is 4. The average molecular weight is 749 g/mol. The molecule has 0 heterocycles. The van der Waals surface area contributed by atoms with E-state index >= 15 is 0 Å². The Kier molecular flexibility index (Phi) is 33.2. The standard InChI is InChI=1S/C33H56N12O8/c34-42-38-17-1-9-29(46)13-5-21-50-25-33(26-51-22-6-14-30(47)10-2-18-39-43-35,27-52-23-7-15-31(48)11-3-19-40-44-36)28-53-24-8-16-32(49)12-4-20-41-45-37/h1-28H2. The Balaban J connectivity index is 5.35. The fourth-order valence-corrected chi connectivity index (χ4v) is 4.96. The first-order valence-corrected chi connectivity index (χ1v) is 18.2. The Bertz CT molecular complexity index is 1050. The van der Waals surface area contributed by atoms with E-state index < -0.39 is 5.41 Å². The maximum atomic E-state index is 12.2. The van der Waals surface area contributed by atoms with Crippen LogP contribution in [0.15, 0.2) is 20.5 Å². The Morgan fingerprint density at radius 3 is 0.792 bits per heavy atom. The van der Waals surface area contributed by atoms with Gasteiger partial charge in [-0.15, -0.1) is 0 Å². The summed E-state index contributed by atoms with van der Waals surface area (Å²) in [6.07, 6.45) is 6.47. The van der Waals surface area contributed by atoms with Crippen molar-refractivity contribution in [3.63, 3.8) is 0 Å². The molecule has 0 aromatic rings. The van der Waals surface area contributed by atoms with Crippen LogP contribution >= 0.6 is 0 Å². The molecule has 0 aliphatic carbocycles. The second kappa shape index (κ2) is 36.1. The zero-order chi connectivity index (χ0) is 39.1. The summed E-state index contributed by atoms with van der Waals surface area (Å²) >= 11 is 0. The predicted octanol–water partition coefficient (Wildman–Crippen LogP) is 7.80. The van der Waals surface area contributed by atoms with Crippen LogP contribution < -0.4 is 0 Å². The van der Waals surface area contributed by atoms with Gasteiger partial charge >= 0.3 is 0 Å². The Morgan fingerprint density at radius 2 is 0.585 bits per heavy atom. The molecule has 0 amide bonds. The molecule has 0 aromatic carbocycles. The third-order valence-corrected chi connectivity index (χ3v) is 7.72. The smallest absolute Gasteiger partial charge is 0.132 e. The van der Waals surface area contributed by atoms with Crippen molar-refractivity contribution >= 4 is 23.1 Å². The first kappa shape index (κ1) is 48.8. The summed E-state index contributed by atoms with van der Waals surface area (Å²) in [5.74, 6) is 0.204. The number of carbonyl (C=O) groups is 4. The summed E-state index contributed by atoms with van der Waals surface area (Å²) < 4.78 is 24.2. The zero-order valence-electron chi connectivity index (χ0n) is 30.9. The fraction of sp³-hybridized carbons (Fsp3) is 0.879. The molecule has 0 aliphatic heterocycles. The Morgan fingerprint density at radius 1 is 0.377 bits per heavy atom. The summed E-state index contributed by atoms with van der Waals surface area (Å²) in [5.41, 5.74) is 32.8. The lowest BCUT2D eigenvalue weighted by atomic mass is 9.92. The van der Waals surface area contributed by atoms with Crippen LogP contribution in [0.1, 0.15) is 103 Å². The minimum atomic E-state index is -0.781. The van der Waals surface area contributed by atoms with Crippen LogP contribution in [0.25, 0.3) is 41.8 Å². The summed E-state index contributed by atoms with van der Waals surface area (Å²) in [6, 6.07) is 0. The number of azide groups is 4. The lowest BCUT2D eigenvalue weighted by Crippen LogP contribution is -2.42. The molecule has 0 fully saturated rings. The number of carbonyl (C=O) groups excluding carboxylic acids is 4. The van der Waals surface area contributed by atoms with Crippen LogP contribution in [0, 0.1) is 5.41 Å². The van der Waals surface area contributed by atoms with Crippen molar-refractivity contribution in [1.29, 1.82) is 0 Å². The van der Waals surface area contributed by atoms with Crippen molar-refractivity contribution in [2.45, 2.75) is 103 Å². The average Bonchev–Trinajstić information content (AvgIpc) is 3.14. The van der Waals surface area contributed by atoms with Crippen molar-refractivity contribution in [1.82, 2.24) is 0 Å². The molecule has 0 saturated heterocycles. The van der Waals surface area contributed by atoms with Gasteiger partial charge < -0.3 is 18.9 Å². The molecule has 0 aliphatic rings. The van der Waals surface area contributed by atoms with Gasteiger partial charge in [-0.1, -0.05) is 20.5 Å². The number of Topliss-reactive ketones (excluding diaryl/α,β-unsaturated/α-hetero) is 4. The molecule has 0 atom stereocenters. The molecule has 0 radical (unpaired) electrons. The highest BCUT2D eigenvalue weighted by atomic mass is 16.5. The molecule has 296 valence electrons. The number of nitrogens with zero attached hydrogens (tertiary/aromatic N) is 12. The van der Waals surface area contributed by atoms with Gasteiger partial charge in [0.25, 0.3) is 0 Å². The van der Waals surface area contributed by atoms with Crippen LogP contribution in [0.5, 0.6) is 0 Å². The Labute approximate surface area is 310 Å². The predicted molar refractivity (Wildman–Crippen MR) is 196 cm³/mol. The lowest BCUT2D eigenvalue weighted by Gasteiger charge is -2.33. The molecule has 20 heteroatoms. The summed E-state index contributed by atoms with van der Waals surface area (Å²) in [4.78, 5) is 59.6. The first-order valence-electron chi connectivity index (χ1n) is 18.2. The molecule has 0 rings (SSSR count). The van der Waals surface area contributed by atoms with Gasteiger partial charge in [0.2, 0.25) is 0 Å². The van der Waals surface area contributed by atoms with Crippen molar-refractivity contribution in [3.8, 4) is 0 Å². The molecule has 0 N–H and O–H groups in total. The van der Waals surface area contributed by atoms with Gasteiger partial charge in [-0.05, 0) is 73.5 Å². The summed E-state index contributed by atoms with van der Waals surface area (Å²) in [5, 5.41) is 13.8. The van der Waals surface area contributed by atoms with Crippen LogP contribution in [-0.4, -0.2) is 102 Å². The highest BCUT2D eigenvalue weighted by Gasteiger charge is 2.32. The molecule has 53 heavy (non-hydrogen) atoms. The maximum absolute atomic E-state index is 12.2. The van der Waals surface area contributed by atoms with E-state index in [1.54, 1.807) is 0 Å². The highest BCUT2D eigenvalue weighted by molar-refractivity contribution is 5.79. The molecule has 20 nitrogen and oxygen atoms in total. The molecular formula is C33H56N12O8. The van der Waals surface area contributed by atoms with Crippen LogP contribution in [0.3, 0.4) is 0 Å². The summed E-state index contributed by atoms with van der Waals surface area (Å²) in [7, 11) is 0. The molecular weight excluding hydrogens is 692 g/mol. The monoisotopic (exact) mass is 748 g/mol. The van der Waals surface area contributed by atoms with Crippen LogP contribution in [0.2, 0.25) is 0 Å². The number of ether oxygens (including phenoxy) is 4. The second-order valence-electron chi connectivity index (χ2n) is 12.5. The van der Waals surface area contributed by atoms with Gasteiger partial charge in [-0.2, -0.15) is 0 Å². The van der Waals surface area contributed by atoms with E-state index in [-0.39, 0.29) is 75.7 Å². The molecule has 0 unspecified atom stereocenters. The van der Waals surface area contributed by atoms with E-state index in [2.05, 4.69) is 40.1 Å². The van der Waals surface area contributed by atoms with E-state index in [1.807, 2.05) is 0 Å². The Hall–Kier alpha value is -4.24. The first-order chi connectivity index (χ1) is 25.8. The van der Waals surface area contributed by atoms with Gasteiger partial charge in [0.1, 0.15) is 23.1 Å². The normalized spacial score (nSPS) is 11.6. The molecule has 0 aromatic heterocycles. The van der Waals surface area contributed by atoms with E-state index in [0.29, 0.717) is 129 Å². The van der Waals surface area contributed by atoms with Crippen LogP contribution in [0.4, 0.5) is 0 Å². The van der Waals surface area contributed by atoms with Gasteiger partial charge in [0.15, 0.2) is 0 Å². The number of hydrogen-bond donors (Lipinski definition) is 0. The maximum Gasteiger partial charge on any atom is 0.132 e. The summed E-state index contributed by atoms with van der Waals surface area (Å²) in [6.45, 7) is 2.94. The van der Waals surface area contributed by atoms with Crippen molar-refractivity contribution < 1.29 is 38.1 Å². The SMILES string of the molecule is [N-]=[N+]=NCCCC(=O)CCCOCC(COCCCC(=O)CCCN=[N+]=[N-])(COCCCC(=O)CCCN=[N+]=[N-])COCCCC(=O)CCCN=[N+]=[N-]. The second-order valence-corrected chi connectivity index (χ2v) is 12.5. The molecule has 0 bridgehead atoms. The van der Waals surface area contributed by atoms with E-state index in [1.165, 1.54) is 0 Å². The quantitative estimate of drug-likeness (QED) is 0.0257. The van der Waals surface area contributed by atoms with Crippen molar-refractivity contribution in [3.05, 3.63) is 41.8 Å². The molecule has 0 saturated carbocycles. The van der Waals surface area contributed by atoms with Gasteiger partial charge in [-0.3, -0.25) is 19.2 Å². The highest BCUT2D eigenvalue weighted by Crippen LogP contribution is 2.22. The zero-order valence-corrected chi connectivity index (χ0v) is 30.9. The fourth-order valence-electron chi connectivity index (χ4n) is 4.96. The van der Waals surface area contributed by atoms with E-state index in [0.717, 1.165) is 0 Å². The molecule has 0 spiro atoms. The van der Waals surface area contributed by atoms with Crippen molar-refractivity contribution in [2.75, 3.05) is 79.0 Å². The third-order valence-electron chi connectivity index (χ3n) is 7.72.